The van der Waals surface area contributed by atoms with Crippen LogP contribution in [0.4, 0.5) is 9.59 Å². The van der Waals surface area contributed by atoms with Crippen LogP contribution in [-0.4, -0.2) is 109 Å². The summed E-state index contributed by atoms with van der Waals surface area (Å²) in [5, 5.41) is 19.1. The third kappa shape index (κ3) is 9.87. The molecule has 0 spiro atoms. The average Bonchev–Trinajstić information content (AvgIpc) is 3.91. The Morgan fingerprint density at radius 1 is 0.676 bits per heavy atom. The predicted octanol–water partition coefficient (Wildman–Crippen LogP) is 6.00. The SMILES string of the molecule is C=CCOc1c(/C(C)=N/OC)c(=O)oc2c(C)c(OC3O[C@@](C)(C=C)C(C)C4OC(=O)OC34)ccc12.C=C[C@]1(C)OC(Oc2ccc3c(O)c(/C(C)=N/OC)c(=O)oc3c2C)C2OC(=O)OC2C1C.O.O. The summed E-state index contributed by atoms with van der Waals surface area (Å²) in [6.45, 7) is 25.5. The van der Waals surface area contributed by atoms with Crippen molar-refractivity contribution in [1.82, 2.24) is 0 Å². The molecule has 4 fully saturated rings. The summed E-state index contributed by atoms with van der Waals surface area (Å²) in [5.74, 6) is 0.232. The van der Waals surface area contributed by atoms with Crippen LogP contribution in [0.3, 0.4) is 0 Å². The molecule has 4 saturated heterocycles. The van der Waals surface area contributed by atoms with Gasteiger partial charge in [0.1, 0.15) is 66.1 Å². The second kappa shape index (κ2) is 21.3. The minimum atomic E-state index is -1.01. The van der Waals surface area contributed by atoms with Crippen LogP contribution >= 0.6 is 0 Å². The number of benzene rings is 2. The van der Waals surface area contributed by atoms with Crippen molar-refractivity contribution in [1.29, 1.82) is 0 Å². The van der Waals surface area contributed by atoms with Crippen molar-refractivity contribution in [3.05, 3.63) is 105 Å². The van der Waals surface area contributed by atoms with Gasteiger partial charge < -0.3 is 77.2 Å². The summed E-state index contributed by atoms with van der Waals surface area (Å²) in [6.07, 6.45) is -1.49. The van der Waals surface area contributed by atoms with E-state index >= 15 is 0 Å². The smallest absolute Gasteiger partial charge is 0.506 e. The third-order valence-electron chi connectivity index (χ3n) is 12.9. The zero-order valence-corrected chi connectivity index (χ0v) is 40.8. The molecule has 71 heavy (non-hydrogen) atoms. The highest BCUT2D eigenvalue weighted by Crippen LogP contribution is 2.45. The molecule has 5 N–H and O–H groups in total. The number of aryl methyl sites for hydroxylation is 2. The van der Waals surface area contributed by atoms with E-state index in [1.165, 1.54) is 21.1 Å². The number of carbonyl (C=O) groups is 2. The van der Waals surface area contributed by atoms with Crippen molar-refractivity contribution < 1.29 is 86.8 Å². The van der Waals surface area contributed by atoms with Gasteiger partial charge in [-0.05, 0) is 65.8 Å². The molecule has 4 aliphatic rings. The van der Waals surface area contributed by atoms with Crippen LogP contribution in [0, 0.1) is 25.7 Å². The van der Waals surface area contributed by atoms with E-state index in [0.717, 1.165) is 0 Å². The molecule has 22 nitrogen and oxygen atoms in total. The molecule has 2 aromatic heterocycles. The highest BCUT2D eigenvalue weighted by atomic mass is 16.8. The summed E-state index contributed by atoms with van der Waals surface area (Å²) < 4.78 is 63.0. The van der Waals surface area contributed by atoms with Crippen molar-refractivity contribution in [3.8, 4) is 23.0 Å². The minimum absolute atomic E-state index is 0. The molecule has 0 aliphatic carbocycles. The van der Waals surface area contributed by atoms with Crippen molar-refractivity contribution in [3.63, 3.8) is 0 Å². The largest absolute Gasteiger partial charge is 0.509 e. The van der Waals surface area contributed by atoms with E-state index in [1.807, 2.05) is 27.7 Å². The number of rotatable bonds is 13. The number of carbonyl (C=O) groups excluding carboxylic acids is 2. The maximum Gasteiger partial charge on any atom is 0.509 e. The Labute approximate surface area is 406 Å². The zero-order valence-electron chi connectivity index (χ0n) is 40.8. The van der Waals surface area contributed by atoms with Gasteiger partial charge in [0, 0.05) is 23.0 Å². The fourth-order valence-electron chi connectivity index (χ4n) is 8.63. The minimum Gasteiger partial charge on any atom is -0.506 e. The lowest BCUT2D eigenvalue weighted by Gasteiger charge is -2.45. The van der Waals surface area contributed by atoms with E-state index in [-0.39, 0.29) is 68.9 Å². The monoisotopic (exact) mass is 994 g/mol. The molecule has 0 radical (unpaired) electrons. The lowest BCUT2D eigenvalue weighted by molar-refractivity contribution is -0.249. The molecule has 2 aromatic carbocycles. The first-order valence-electron chi connectivity index (χ1n) is 21.8. The first kappa shape index (κ1) is 54.5. The van der Waals surface area contributed by atoms with E-state index in [1.54, 1.807) is 63.3 Å². The average molecular weight is 995 g/mol. The number of fused-ring (bicyclic) bond motifs is 4. The summed E-state index contributed by atoms with van der Waals surface area (Å²) in [6, 6.07) is 6.55. The van der Waals surface area contributed by atoms with Crippen molar-refractivity contribution in [2.24, 2.45) is 22.1 Å². The van der Waals surface area contributed by atoms with Crippen molar-refractivity contribution >= 4 is 45.7 Å². The Balaban J connectivity index is 0.000000258. The van der Waals surface area contributed by atoms with Crippen LogP contribution in [0.2, 0.25) is 0 Å². The van der Waals surface area contributed by atoms with Crippen LogP contribution in [0.25, 0.3) is 21.9 Å². The van der Waals surface area contributed by atoms with E-state index in [4.69, 9.17) is 61.1 Å². The summed E-state index contributed by atoms with van der Waals surface area (Å²) in [7, 11) is 2.71. The first-order chi connectivity index (χ1) is 32.8. The van der Waals surface area contributed by atoms with Gasteiger partial charge in [0.25, 0.3) is 0 Å². The van der Waals surface area contributed by atoms with E-state index in [0.29, 0.717) is 39.1 Å². The fraction of sp³-hybridized carbons (Fsp3) is 0.429. The quantitative estimate of drug-likeness (QED) is 0.0527. The van der Waals surface area contributed by atoms with Gasteiger partial charge in [0.15, 0.2) is 12.2 Å². The standard InChI is InChI=1S/C26H29NO9.C23H25NO9.2H2O/c1-8-12-31-21-16-10-11-17(13(3)19(16)33-23(28)18(21)15(5)27-30-7)32-24-22-20(34-25(29)35-22)14(4)26(6,9-2)36-24;1-7-23(5)11(3)18-19(32-22(27)31-18)21(33-23)29-14-9-8-13-16(25)15(12(4)24-28-6)20(26)30-17(13)10(14)2;;/h8-11,14,20,22,24H,1-2,12H2,3-7H3;7-9,11,18-19,21,25H,1H2,2-6H3;2*1H2/b27-15+;24-12+;;/t14?,20?,22?,24?,26-;11?,18?,19?,21?,23-;;/m00../s1. The van der Waals surface area contributed by atoms with Gasteiger partial charge in [-0.25, -0.2) is 19.2 Å². The molecule has 10 atom stereocenters. The Morgan fingerprint density at radius 2 is 1.08 bits per heavy atom. The molecular formula is C49H58N2O20. The lowest BCUT2D eigenvalue weighted by Crippen LogP contribution is -2.58. The number of oxime groups is 2. The third-order valence-corrected chi connectivity index (χ3v) is 12.9. The summed E-state index contributed by atoms with van der Waals surface area (Å²) >= 11 is 0. The van der Waals surface area contributed by atoms with Crippen molar-refractivity contribution in [2.75, 3.05) is 20.8 Å². The maximum absolute atomic E-state index is 13.0. The van der Waals surface area contributed by atoms with Crippen LogP contribution < -0.4 is 25.5 Å². The molecule has 8 unspecified atom stereocenters. The van der Waals surface area contributed by atoms with Crippen molar-refractivity contribution in [2.45, 2.75) is 104 Å². The van der Waals surface area contributed by atoms with Crippen LogP contribution in [0.5, 0.6) is 23.0 Å². The highest BCUT2D eigenvalue weighted by molar-refractivity contribution is 6.06. The topological polar surface area (TPSA) is 304 Å². The Hall–Kier alpha value is -7.40. The molecule has 0 saturated carbocycles. The van der Waals surface area contributed by atoms with Gasteiger partial charge in [-0.15, -0.1) is 13.2 Å². The highest BCUT2D eigenvalue weighted by Gasteiger charge is 2.58. The molecule has 0 amide bonds. The van der Waals surface area contributed by atoms with E-state index in [9.17, 15) is 24.3 Å². The van der Waals surface area contributed by atoms with Crippen LogP contribution in [0.1, 0.15) is 63.8 Å². The van der Waals surface area contributed by atoms with Gasteiger partial charge in [-0.1, -0.05) is 49.0 Å². The molecule has 8 rings (SSSR count). The number of hydrogen-bond donors (Lipinski definition) is 1. The molecule has 4 aliphatic heterocycles. The van der Waals surface area contributed by atoms with Gasteiger partial charge in [0.05, 0.1) is 33.4 Å². The Kier molecular flexibility index (Phi) is 16.4. The Bertz CT molecular complexity index is 2910. The van der Waals surface area contributed by atoms with E-state index in [2.05, 4.69) is 30.0 Å². The summed E-state index contributed by atoms with van der Waals surface area (Å²) in [5.41, 5.74) is -1.24. The van der Waals surface area contributed by atoms with Gasteiger partial charge in [-0.2, -0.15) is 0 Å². The zero-order chi connectivity index (χ0) is 50.3. The molecule has 384 valence electrons. The molecule has 22 heteroatoms. The predicted molar refractivity (Wildman–Crippen MR) is 254 cm³/mol. The normalized spacial score (nSPS) is 27.6. The summed E-state index contributed by atoms with van der Waals surface area (Å²) in [4.78, 5) is 58.8. The van der Waals surface area contributed by atoms with Gasteiger partial charge in [0.2, 0.25) is 24.8 Å². The Morgan fingerprint density at radius 3 is 1.52 bits per heavy atom. The van der Waals surface area contributed by atoms with Gasteiger partial charge in [-0.3, -0.25) is 0 Å². The number of aromatic hydroxyl groups is 1. The van der Waals surface area contributed by atoms with E-state index < -0.39 is 71.8 Å². The van der Waals surface area contributed by atoms with Crippen LogP contribution in [-0.2, 0) is 38.1 Å². The second-order valence-electron chi connectivity index (χ2n) is 17.0. The molecule has 4 aromatic rings. The lowest BCUT2D eigenvalue weighted by atomic mass is 9.81. The maximum atomic E-state index is 13.0. The number of nitrogens with zero attached hydrogens (tertiary/aromatic N) is 2. The first-order valence-corrected chi connectivity index (χ1v) is 21.8. The number of hydrogen-bond acceptors (Lipinski definition) is 20. The van der Waals surface area contributed by atoms with Gasteiger partial charge >= 0.3 is 23.6 Å². The molecule has 6 heterocycles. The number of ether oxygens (including phenoxy) is 9. The second-order valence-corrected chi connectivity index (χ2v) is 17.0. The molecule has 0 bridgehead atoms. The van der Waals surface area contributed by atoms with Crippen LogP contribution in [0.15, 0.2) is 91.0 Å². The molecular weight excluding hydrogens is 937 g/mol. The fourth-order valence-corrected chi connectivity index (χ4v) is 8.63.